The van der Waals surface area contributed by atoms with Gasteiger partial charge in [0.25, 0.3) is 0 Å². The van der Waals surface area contributed by atoms with E-state index in [4.69, 9.17) is 14.6 Å². The van der Waals surface area contributed by atoms with Gasteiger partial charge < -0.3 is 19.5 Å². The number of carboxylic acid groups (broad SMARTS) is 1. The predicted octanol–water partition coefficient (Wildman–Crippen LogP) is 3.01. The second-order valence-corrected chi connectivity index (χ2v) is 7.94. The highest BCUT2D eigenvalue weighted by Crippen LogP contribution is 2.18. The van der Waals surface area contributed by atoms with Crippen molar-refractivity contribution in [3.8, 4) is 5.75 Å². The van der Waals surface area contributed by atoms with Gasteiger partial charge in [-0.3, -0.25) is 4.90 Å². The van der Waals surface area contributed by atoms with Crippen LogP contribution < -0.4 is 4.74 Å². The lowest BCUT2D eigenvalue weighted by molar-refractivity contribution is 0.00429. The van der Waals surface area contributed by atoms with E-state index >= 15 is 0 Å². The van der Waals surface area contributed by atoms with Crippen molar-refractivity contribution in [3.63, 3.8) is 0 Å². The molecule has 0 bridgehead atoms. The molecule has 2 rings (SSSR count). The van der Waals surface area contributed by atoms with Gasteiger partial charge in [-0.2, -0.15) is 0 Å². The zero-order valence-corrected chi connectivity index (χ0v) is 16.8. The SMILES string of the molecule is Cc1cc(OCCN2CCN(C(=O)OC(C)(C)C)C[C@@H]2C)ccc1C(=O)O. The molecule has 1 aliphatic rings. The molecule has 1 heterocycles. The summed E-state index contributed by atoms with van der Waals surface area (Å²) in [6.45, 7) is 12.7. The first-order valence-electron chi connectivity index (χ1n) is 9.25. The minimum Gasteiger partial charge on any atom is -0.492 e. The fourth-order valence-corrected chi connectivity index (χ4v) is 3.07. The van der Waals surface area contributed by atoms with Crippen LogP contribution in [0.15, 0.2) is 18.2 Å². The van der Waals surface area contributed by atoms with Gasteiger partial charge in [0.15, 0.2) is 0 Å². The summed E-state index contributed by atoms with van der Waals surface area (Å²) in [4.78, 5) is 27.3. The molecular formula is C20H30N2O5. The lowest BCUT2D eigenvalue weighted by atomic mass is 10.1. The highest BCUT2D eigenvalue weighted by atomic mass is 16.6. The third-order valence-corrected chi connectivity index (χ3v) is 4.49. The van der Waals surface area contributed by atoms with Crippen LogP contribution in [0, 0.1) is 6.92 Å². The van der Waals surface area contributed by atoms with Gasteiger partial charge >= 0.3 is 12.1 Å². The Morgan fingerprint density at radius 2 is 1.96 bits per heavy atom. The van der Waals surface area contributed by atoms with Gasteiger partial charge in [-0.1, -0.05) is 0 Å². The minimum absolute atomic E-state index is 0.214. The normalized spacial score (nSPS) is 18.3. The summed E-state index contributed by atoms with van der Waals surface area (Å²) >= 11 is 0. The van der Waals surface area contributed by atoms with Crippen LogP contribution in [-0.4, -0.2) is 71.4 Å². The average Bonchev–Trinajstić information content (AvgIpc) is 2.54. The number of nitrogens with zero attached hydrogens (tertiary/aromatic N) is 2. The summed E-state index contributed by atoms with van der Waals surface area (Å²) in [6, 6.07) is 5.20. The van der Waals surface area contributed by atoms with E-state index in [-0.39, 0.29) is 17.7 Å². The number of hydrogen-bond donors (Lipinski definition) is 1. The van der Waals surface area contributed by atoms with Crippen LogP contribution in [0.2, 0.25) is 0 Å². The quantitative estimate of drug-likeness (QED) is 0.848. The predicted molar refractivity (Wildman–Crippen MR) is 102 cm³/mol. The summed E-state index contributed by atoms with van der Waals surface area (Å²) in [5, 5.41) is 9.07. The first-order chi connectivity index (χ1) is 12.6. The smallest absolute Gasteiger partial charge is 0.410 e. The van der Waals surface area contributed by atoms with Crippen molar-refractivity contribution in [2.24, 2.45) is 0 Å². The van der Waals surface area contributed by atoms with Crippen molar-refractivity contribution in [2.45, 2.75) is 46.3 Å². The molecule has 1 atom stereocenters. The lowest BCUT2D eigenvalue weighted by Crippen LogP contribution is -2.55. The van der Waals surface area contributed by atoms with E-state index in [1.807, 2.05) is 20.8 Å². The van der Waals surface area contributed by atoms with Gasteiger partial charge in [0.05, 0.1) is 5.56 Å². The van der Waals surface area contributed by atoms with Crippen LogP contribution in [0.25, 0.3) is 0 Å². The molecule has 1 aliphatic heterocycles. The molecule has 0 radical (unpaired) electrons. The first kappa shape index (κ1) is 21.0. The Kier molecular flexibility index (Phi) is 6.70. The molecule has 7 nitrogen and oxygen atoms in total. The van der Waals surface area contributed by atoms with E-state index in [1.165, 1.54) is 0 Å². The van der Waals surface area contributed by atoms with Crippen molar-refractivity contribution in [1.82, 2.24) is 9.80 Å². The van der Waals surface area contributed by atoms with Gasteiger partial charge in [0.2, 0.25) is 0 Å². The summed E-state index contributed by atoms with van der Waals surface area (Å²) in [7, 11) is 0. The highest BCUT2D eigenvalue weighted by Gasteiger charge is 2.29. The summed E-state index contributed by atoms with van der Waals surface area (Å²) in [6.07, 6.45) is -0.265. The molecule has 0 aliphatic carbocycles. The number of carbonyl (C=O) groups excluding carboxylic acids is 1. The second-order valence-electron chi connectivity index (χ2n) is 7.94. The minimum atomic E-state index is -0.935. The van der Waals surface area contributed by atoms with Crippen LogP contribution in [0.1, 0.15) is 43.6 Å². The lowest BCUT2D eigenvalue weighted by Gasteiger charge is -2.40. The zero-order chi connectivity index (χ0) is 20.2. The van der Waals surface area contributed by atoms with Crippen molar-refractivity contribution in [1.29, 1.82) is 0 Å². The van der Waals surface area contributed by atoms with Crippen LogP contribution in [-0.2, 0) is 4.74 Å². The summed E-state index contributed by atoms with van der Waals surface area (Å²) in [5.41, 5.74) is 0.480. The second kappa shape index (κ2) is 8.61. The Labute approximate surface area is 160 Å². The van der Waals surface area contributed by atoms with E-state index in [2.05, 4.69) is 11.8 Å². The van der Waals surface area contributed by atoms with E-state index in [0.717, 1.165) is 13.1 Å². The Hall–Kier alpha value is -2.28. The number of amides is 1. The van der Waals surface area contributed by atoms with Gasteiger partial charge in [-0.15, -0.1) is 0 Å². The molecule has 1 saturated heterocycles. The molecule has 0 unspecified atom stereocenters. The van der Waals surface area contributed by atoms with E-state index in [9.17, 15) is 9.59 Å². The maximum atomic E-state index is 12.2. The van der Waals surface area contributed by atoms with E-state index < -0.39 is 11.6 Å². The van der Waals surface area contributed by atoms with Crippen LogP contribution in [0.4, 0.5) is 4.79 Å². The number of benzene rings is 1. The topological polar surface area (TPSA) is 79.3 Å². The molecule has 27 heavy (non-hydrogen) atoms. The third-order valence-electron chi connectivity index (χ3n) is 4.49. The van der Waals surface area contributed by atoms with Gasteiger partial charge in [-0.25, -0.2) is 9.59 Å². The standard InChI is InChI=1S/C20H30N2O5/c1-14-12-16(6-7-17(14)18(23)24)26-11-10-21-8-9-22(13-15(21)2)19(25)27-20(3,4)5/h6-7,12,15H,8-11,13H2,1-5H3,(H,23,24)/t15-/m0/s1. The molecule has 0 aromatic heterocycles. The molecule has 150 valence electrons. The van der Waals surface area contributed by atoms with Gasteiger partial charge in [0, 0.05) is 32.2 Å². The molecule has 1 aromatic carbocycles. The Morgan fingerprint density at radius 3 is 2.52 bits per heavy atom. The number of aromatic carboxylic acids is 1. The molecule has 0 spiro atoms. The molecule has 7 heteroatoms. The largest absolute Gasteiger partial charge is 0.492 e. The van der Waals surface area contributed by atoms with Crippen molar-refractivity contribution in [3.05, 3.63) is 29.3 Å². The van der Waals surface area contributed by atoms with Gasteiger partial charge in [0.1, 0.15) is 18.0 Å². The molecule has 1 aromatic rings. The number of ether oxygens (including phenoxy) is 2. The Balaban J connectivity index is 1.80. The van der Waals surface area contributed by atoms with Crippen molar-refractivity contribution >= 4 is 12.1 Å². The molecule has 1 N–H and O–H groups in total. The third kappa shape index (κ3) is 6.13. The van der Waals surface area contributed by atoms with E-state index in [0.29, 0.717) is 31.0 Å². The number of hydrogen-bond acceptors (Lipinski definition) is 5. The number of rotatable bonds is 5. The van der Waals surface area contributed by atoms with Crippen LogP contribution in [0.3, 0.4) is 0 Å². The molecular weight excluding hydrogens is 348 g/mol. The fraction of sp³-hybridized carbons (Fsp3) is 0.600. The Morgan fingerprint density at radius 1 is 1.26 bits per heavy atom. The maximum Gasteiger partial charge on any atom is 0.410 e. The van der Waals surface area contributed by atoms with Crippen molar-refractivity contribution < 1.29 is 24.2 Å². The molecule has 0 saturated carbocycles. The molecule has 1 amide bonds. The zero-order valence-electron chi connectivity index (χ0n) is 16.8. The maximum absolute atomic E-state index is 12.2. The monoisotopic (exact) mass is 378 g/mol. The number of carboxylic acids is 1. The summed E-state index contributed by atoms with van der Waals surface area (Å²) < 4.78 is 11.2. The fourth-order valence-electron chi connectivity index (χ4n) is 3.07. The first-order valence-corrected chi connectivity index (χ1v) is 9.25. The van der Waals surface area contributed by atoms with Crippen LogP contribution >= 0.6 is 0 Å². The van der Waals surface area contributed by atoms with Crippen molar-refractivity contribution in [2.75, 3.05) is 32.8 Å². The molecule has 1 fully saturated rings. The number of piperazine rings is 1. The Bertz CT molecular complexity index is 683. The van der Waals surface area contributed by atoms with Crippen LogP contribution in [0.5, 0.6) is 5.75 Å². The highest BCUT2D eigenvalue weighted by molar-refractivity contribution is 5.89. The van der Waals surface area contributed by atoms with E-state index in [1.54, 1.807) is 30.0 Å². The number of carbonyl (C=O) groups is 2. The summed E-state index contributed by atoms with van der Waals surface area (Å²) in [5.74, 6) is -0.270. The number of aryl methyl sites for hydroxylation is 1. The average molecular weight is 378 g/mol. The van der Waals surface area contributed by atoms with Gasteiger partial charge in [-0.05, 0) is 58.4 Å².